The minimum Gasteiger partial charge on any atom is -0.378 e. The third-order valence-electron chi connectivity index (χ3n) is 3.76. The average molecular weight is 351 g/mol. The minimum absolute atomic E-state index is 0.857. The van der Waals surface area contributed by atoms with Crippen molar-refractivity contribution >= 4 is 23.4 Å². The van der Waals surface area contributed by atoms with Crippen LogP contribution >= 0.6 is 11.8 Å². The van der Waals surface area contributed by atoms with Gasteiger partial charge in [0, 0.05) is 39.4 Å². The lowest BCUT2D eigenvalue weighted by atomic mass is 10.1. The summed E-state index contributed by atoms with van der Waals surface area (Å²) in [5.74, 6) is 2.19. The van der Waals surface area contributed by atoms with Crippen molar-refractivity contribution in [3.63, 3.8) is 0 Å². The van der Waals surface area contributed by atoms with E-state index in [1.807, 2.05) is 11.8 Å². The van der Waals surface area contributed by atoms with Crippen LogP contribution in [0.25, 0.3) is 0 Å². The van der Waals surface area contributed by atoms with Gasteiger partial charge in [-0.15, -0.1) is 0 Å². The summed E-state index contributed by atoms with van der Waals surface area (Å²) in [6, 6.07) is 8.79. The fourth-order valence-electron chi connectivity index (χ4n) is 2.35. The quantitative estimate of drug-likeness (QED) is 0.365. The van der Waals surface area contributed by atoms with Crippen molar-refractivity contribution in [2.24, 2.45) is 4.99 Å². The van der Waals surface area contributed by atoms with Gasteiger partial charge in [-0.25, -0.2) is 0 Å². The summed E-state index contributed by atoms with van der Waals surface area (Å²) >= 11 is 1.91. The Bertz CT molecular complexity index is 457. The smallest absolute Gasteiger partial charge is 0.191 e. The number of anilines is 1. The summed E-state index contributed by atoms with van der Waals surface area (Å²) in [6.07, 6.45) is 6.77. The van der Waals surface area contributed by atoms with Crippen LogP contribution in [0.5, 0.6) is 0 Å². The van der Waals surface area contributed by atoms with Gasteiger partial charge in [0.2, 0.25) is 0 Å². The number of nitrogens with zero attached hydrogens (tertiary/aromatic N) is 2. The van der Waals surface area contributed by atoms with Gasteiger partial charge in [0.15, 0.2) is 5.96 Å². The molecule has 0 amide bonds. The Labute approximate surface area is 152 Å². The second kappa shape index (κ2) is 13.0. The molecule has 0 spiro atoms. The zero-order chi connectivity index (χ0) is 17.6. The van der Waals surface area contributed by atoms with E-state index in [1.54, 1.807) is 0 Å². The van der Waals surface area contributed by atoms with E-state index in [-0.39, 0.29) is 0 Å². The summed E-state index contributed by atoms with van der Waals surface area (Å²) in [5.41, 5.74) is 2.63. The van der Waals surface area contributed by atoms with Crippen LogP contribution in [0.15, 0.2) is 29.3 Å². The number of rotatable bonds is 11. The van der Waals surface area contributed by atoms with Gasteiger partial charge in [-0.1, -0.05) is 12.1 Å². The van der Waals surface area contributed by atoms with Crippen molar-refractivity contribution in [3.8, 4) is 0 Å². The number of thioether (sulfide) groups is 1. The highest BCUT2D eigenvalue weighted by Gasteiger charge is 1.98. The van der Waals surface area contributed by atoms with Crippen LogP contribution in [-0.4, -0.2) is 51.7 Å². The highest BCUT2D eigenvalue weighted by atomic mass is 32.2. The van der Waals surface area contributed by atoms with Crippen molar-refractivity contribution < 1.29 is 0 Å². The topological polar surface area (TPSA) is 39.7 Å². The summed E-state index contributed by atoms with van der Waals surface area (Å²) < 4.78 is 0. The van der Waals surface area contributed by atoms with Crippen molar-refractivity contribution in [2.45, 2.75) is 32.6 Å². The van der Waals surface area contributed by atoms with E-state index < -0.39 is 0 Å². The molecule has 0 aliphatic rings. The molecule has 0 heterocycles. The van der Waals surface area contributed by atoms with E-state index in [9.17, 15) is 0 Å². The van der Waals surface area contributed by atoms with Crippen LogP contribution in [0.2, 0.25) is 0 Å². The lowest BCUT2D eigenvalue weighted by Gasteiger charge is -2.13. The van der Waals surface area contributed by atoms with Gasteiger partial charge in [-0.05, 0) is 62.3 Å². The number of aliphatic imine (C=N–C) groups is 1. The fourth-order valence-corrected chi connectivity index (χ4v) is 2.85. The lowest BCUT2D eigenvalue weighted by molar-refractivity contribution is 0.729. The fraction of sp³-hybridized carbons (Fsp3) is 0.632. The largest absolute Gasteiger partial charge is 0.378 e. The Hall–Kier alpha value is -1.36. The third-order valence-corrected chi connectivity index (χ3v) is 4.46. The maximum atomic E-state index is 4.67. The number of hydrogen-bond acceptors (Lipinski definition) is 3. The molecule has 1 rings (SSSR count). The highest BCUT2D eigenvalue weighted by Crippen LogP contribution is 2.13. The van der Waals surface area contributed by atoms with Crippen LogP contribution in [-0.2, 0) is 6.42 Å². The first-order valence-corrected chi connectivity index (χ1v) is 10.3. The molecule has 0 fully saturated rings. The van der Waals surface area contributed by atoms with Gasteiger partial charge >= 0.3 is 0 Å². The maximum Gasteiger partial charge on any atom is 0.191 e. The summed E-state index contributed by atoms with van der Waals surface area (Å²) in [7, 11) is 4.14. The molecule has 0 saturated carbocycles. The number of aryl methyl sites for hydroxylation is 1. The Morgan fingerprint density at radius 1 is 1.08 bits per heavy atom. The number of guanidine groups is 1. The van der Waals surface area contributed by atoms with Crippen molar-refractivity contribution in [2.75, 3.05) is 50.6 Å². The van der Waals surface area contributed by atoms with E-state index in [2.05, 4.69) is 72.1 Å². The lowest BCUT2D eigenvalue weighted by Crippen LogP contribution is -2.37. The molecular weight excluding hydrogens is 316 g/mol. The molecule has 0 radical (unpaired) electrons. The van der Waals surface area contributed by atoms with E-state index >= 15 is 0 Å². The molecule has 0 unspecified atom stereocenters. The van der Waals surface area contributed by atoms with Gasteiger partial charge < -0.3 is 15.5 Å². The predicted molar refractivity (Wildman–Crippen MR) is 111 cm³/mol. The molecule has 1 aromatic carbocycles. The maximum absolute atomic E-state index is 4.67. The first-order chi connectivity index (χ1) is 11.7. The molecule has 4 nitrogen and oxygen atoms in total. The molecule has 0 aromatic heterocycles. The van der Waals surface area contributed by atoms with E-state index in [1.165, 1.54) is 29.8 Å². The molecule has 2 N–H and O–H groups in total. The number of unbranched alkanes of at least 4 members (excludes halogenated alkanes) is 1. The van der Waals surface area contributed by atoms with Crippen LogP contribution in [0, 0.1) is 0 Å². The first-order valence-electron chi connectivity index (χ1n) is 8.94. The molecule has 0 aliphatic heterocycles. The number of benzene rings is 1. The number of nitrogens with one attached hydrogen (secondary N) is 2. The molecular formula is C19H34N4S. The zero-order valence-electron chi connectivity index (χ0n) is 15.8. The van der Waals surface area contributed by atoms with E-state index in [4.69, 9.17) is 0 Å². The molecule has 0 atom stereocenters. The standard InChI is InChI=1S/C19H34N4S/c1-5-20-19(21-14-6-7-16-24-4)22-15-8-9-17-10-12-18(13-11-17)23(2)3/h10-13H,5-9,14-16H2,1-4H3,(H2,20,21,22). The van der Waals surface area contributed by atoms with Crippen LogP contribution in [0.4, 0.5) is 5.69 Å². The molecule has 24 heavy (non-hydrogen) atoms. The summed E-state index contributed by atoms with van der Waals surface area (Å²) in [4.78, 5) is 6.80. The molecule has 1 aromatic rings. The molecule has 0 aliphatic carbocycles. The van der Waals surface area contributed by atoms with Gasteiger partial charge in [0.1, 0.15) is 0 Å². The average Bonchev–Trinajstić information content (AvgIpc) is 2.58. The molecule has 136 valence electrons. The van der Waals surface area contributed by atoms with Crippen molar-refractivity contribution in [1.82, 2.24) is 10.6 Å². The second-order valence-corrected chi connectivity index (χ2v) is 7.04. The monoisotopic (exact) mass is 350 g/mol. The third kappa shape index (κ3) is 9.06. The Morgan fingerprint density at radius 2 is 1.83 bits per heavy atom. The molecule has 0 saturated heterocycles. The normalized spacial score (nSPS) is 11.4. The Kier molecular flexibility index (Phi) is 11.2. The van der Waals surface area contributed by atoms with E-state index in [0.717, 1.165) is 38.4 Å². The van der Waals surface area contributed by atoms with Gasteiger partial charge in [-0.2, -0.15) is 11.8 Å². The van der Waals surface area contributed by atoms with Gasteiger partial charge in [-0.3, -0.25) is 4.99 Å². The first kappa shape index (κ1) is 20.7. The van der Waals surface area contributed by atoms with Gasteiger partial charge in [0.05, 0.1) is 0 Å². The van der Waals surface area contributed by atoms with Crippen molar-refractivity contribution in [3.05, 3.63) is 29.8 Å². The Balaban J connectivity index is 2.30. The van der Waals surface area contributed by atoms with Crippen LogP contribution in [0.1, 0.15) is 31.7 Å². The summed E-state index contributed by atoms with van der Waals surface area (Å²) in [6.45, 7) is 4.87. The van der Waals surface area contributed by atoms with Crippen molar-refractivity contribution in [1.29, 1.82) is 0 Å². The predicted octanol–water partition coefficient (Wildman–Crippen LogP) is 3.38. The second-order valence-electron chi connectivity index (χ2n) is 6.05. The van der Waals surface area contributed by atoms with Crippen LogP contribution in [0.3, 0.4) is 0 Å². The highest BCUT2D eigenvalue weighted by molar-refractivity contribution is 7.98. The van der Waals surface area contributed by atoms with Gasteiger partial charge in [0.25, 0.3) is 0 Å². The zero-order valence-corrected chi connectivity index (χ0v) is 16.6. The SMILES string of the molecule is CCNC(=NCCCc1ccc(N(C)C)cc1)NCCCCSC. The van der Waals surface area contributed by atoms with E-state index in [0.29, 0.717) is 0 Å². The van der Waals surface area contributed by atoms with Crippen LogP contribution < -0.4 is 15.5 Å². The summed E-state index contributed by atoms with van der Waals surface area (Å²) in [5, 5.41) is 6.74. The number of hydrogen-bond donors (Lipinski definition) is 2. The Morgan fingerprint density at radius 3 is 2.46 bits per heavy atom. The molecule has 0 bridgehead atoms. The molecule has 5 heteroatoms. The minimum atomic E-state index is 0.857.